The molecule has 1 rings (SSSR count). The number of rotatable bonds is 5. The molecule has 3 nitrogen and oxygen atoms in total. The van der Waals surface area contributed by atoms with Gasteiger partial charge in [-0.05, 0) is 50.2 Å². The van der Waals surface area contributed by atoms with Crippen molar-refractivity contribution in [1.82, 2.24) is 4.90 Å². The fourth-order valence-electron chi connectivity index (χ4n) is 2.31. The smallest absolute Gasteiger partial charge is 0.123 e. The third-order valence-corrected chi connectivity index (χ3v) is 3.52. The molecule has 0 aliphatic carbocycles. The molecule has 0 aliphatic rings. The van der Waals surface area contributed by atoms with Crippen LogP contribution in [0.1, 0.15) is 44.4 Å². The lowest BCUT2D eigenvalue weighted by atomic mass is 9.84. The van der Waals surface area contributed by atoms with Gasteiger partial charge in [0.25, 0.3) is 0 Å². The van der Waals surface area contributed by atoms with Gasteiger partial charge in [-0.25, -0.2) is 0 Å². The first-order valence-electron chi connectivity index (χ1n) is 6.86. The van der Waals surface area contributed by atoms with Crippen LogP contribution in [0.4, 0.5) is 0 Å². The number of ether oxygens (including phenoxy) is 1. The van der Waals surface area contributed by atoms with Crippen molar-refractivity contribution < 1.29 is 4.74 Å². The highest BCUT2D eigenvalue weighted by Gasteiger charge is 2.21. The number of hydrogen-bond acceptors (Lipinski definition) is 3. The van der Waals surface area contributed by atoms with Crippen LogP contribution >= 0.6 is 0 Å². The van der Waals surface area contributed by atoms with Gasteiger partial charge in [-0.2, -0.15) is 0 Å². The Kier molecular flexibility index (Phi) is 5.39. The topological polar surface area (TPSA) is 38.5 Å². The van der Waals surface area contributed by atoms with Crippen molar-refractivity contribution in [3.63, 3.8) is 0 Å². The molecule has 2 N–H and O–H groups in total. The van der Waals surface area contributed by atoms with Crippen LogP contribution in [0.3, 0.4) is 0 Å². The molecule has 0 heterocycles. The first-order chi connectivity index (χ1) is 8.81. The normalized spacial score (nSPS) is 13.7. The van der Waals surface area contributed by atoms with E-state index >= 15 is 0 Å². The van der Waals surface area contributed by atoms with Crippen molar-refractivity contribution in [2.45, 2.75) is 38.6 Å². The molecule has 0 bridgehead atoms. The second-order valence-corrected chi connectivity index (χ2v) is 6.26. The van der Waals surface area contributed by atoms with Gasteiger partial charge in [0.05, 0.1) is 7.11 Å². The summed E-state index contributed by atoms with van der Waals surface area (Å²) >= 11 is 0. The van der Waals surface area contributed by atoms with Crippen molar-refractivity contribution in [1.29, 1.82) is 0 Å². The maximum absolute atomic E-state index is 5.75. The average molecular weight is 264 g/mol. The summed E-state index contributed by atoms with van der Waals surface area (Å²) < 4.78 is 5.52. The highest BCUT2D eigenvalue weighted by Crippen LogP contribution is 2.34. The molecule has 0 amide bonds. The predicted molar refractivity (Wildman–Crippen MR) is 81.8 cm³/mol. The van der Waals surface area contributed by atoms with Crippen LogP contribution in [-0.2, 0) is 5.41 Å². The van der Waals surface area contributed by atoms with Crippen molar-refractivity contribution in [3.05, 3.63) is 29.3 Å². The van der Waals surface area contributed by atoms with Crippen LogP contribution in [0.15, 0.2) is 18.2 Å². The van der Waals surface area contributed by atoms with Gasteiger partial charge in [-0.3, -0.25) is 0 Å². The monoisotopic (exact) mass is 264 g/mol. The molecule has 1 atom stereocenters. The number of nitrogens with zero attached hydrogens (tertiary/aromatic N) is 1. The summed E-state index contributed by atoms with van der Waals surface area (Å²) in [5.74, 6) is 0.945. The molecule has 0 radical (unpaired) electrons. The lowest BCUT2D eigenvalue weighted by Crippen LogP contribution is -2.24. The van der Waals surface area contributed by atoms with E-state index in [1.54, 1.807) is 7.11 Å². The Hall–Kier alpha value is -1.06. The third-order valence-electron chi connectivity index (χ3n) is 3.52. The van der Waals surface area contributed by atoms with E-state index in [9.17, 15) is 0 Å². The lowest BCUT2D eigenvalue weighted by Gasteiger charge is -2.28. The lowest BCUT2D eigenvalue weighted by molar-refractivity contribution is 0.277. The zero-order valence-electron chi connectivity index (χ0n) is 13.2. The summed E-state index contributed by atoms with van der Waals surface area (Å²) in [7, 11) is 5.90. The van der Waals surface area contributed by atoms with Crippen molar-refractivity contribution in [2.24, 2.45) is 5.73 Å². The summed E-state index contributed by atoms with van der Waals surface area (Å²) in [5.41, 5.74) is 8.45. The van der Waals surface area contributed by atoms with Crippen molar-refractivity contribution >= 4 is 0 Å². The molecule has 0 aliphatic heterocycles. The van der Waals surface area contributed by atoms with E-state index in [-0.39, 0.29) is 5.41 Å². The Morgan fingerprint density at radius 1 is 1.26 bits per heavy atom. The van der Waals surface area contributed by atoms with Gasteiger partial charge < -0.3 is 15.4 Å². The van der Waals surface area contributed by atoms with E-state index < -0.39 is 0 Å². The Labute approximate surface area is 117 Å². The third kappa shape index (κ3) is 3.95. The Balaban J connectivity index is 3.28. The second-order valence-electron chi connectivity index (χ2n) is 6.26. The second kappa shape index (κ2) is 6.40. The van der Waals surface area contributed by atoms with E-state index in [0.717, 1.165) is 12.2 Å². The zero-order valence-corrected chi connectivity index (χ0v) is 13.2. The first-order valence-corrected chi connectivity index (χ1v) is 6.86. The zero-order chi connectivity index (χ0) is 14.6. The molecule has 1 unspecified atom stereocenters. The average Bonchev–Trinajstić information content (AvgIpc) is 2.33. The summed E-state index contributed by atoms with van der Waals surface area (Å²) in [4.78, 5) is 2.21. The molecule has 0 saturated carbocycles. The van der Waals surface area contributed by atoms with Gasteiger partial charge >= 0.3 is 0 Å². The highest BCUT2D eigenvalue weighted by atomic mass is 16.5. The van der Waals surface area contributed by atoms with Crippen molar-refractivity contribution in [3.8, 4) is 5.75 Å². The minimum absolute atomic E-state index is 0.139. The van der Waals surface area contributed by atoms with Crippen molar-refractivity contribution in [2.75, 3.05) is 27.7 Å². The molecule has 1 aromatic carbocycles. The Morgan fingerprint density at radius 2 is 1.89 bits per heavy atom. The quantitative estimate of drug-likeness (QED) is 0.888. The highest BCUT2D eigenvalue weighted by molar-refractivity contribution is 5.41. The maximum Gasteiger partial charge on any atom is 0.123 e. The summed E-state index contributed by atoms with van der Waals surface area (Å²) in [5, 5.41) is 0. The van der Waals surface area contributed by atoms with E-state index in [2.05, 4.69) is 58.0 Å². The molecular formula is C16H28N2O. The van der Waals surface area contributed by atoms with E-state index in [0.29, 0.717) is 12.6 Å². The molecule has 1 aromatic rings. The van der Waals surface area contributed by atoms with Gasteiger partial charge in [0.2, 0.25) is 0 Å². The number of methoxy groups -OCH3 is 1. The van der Waals surface area contributed by atoms with Crippen LogP contribution < -0.4 is 10.5 Å². The largest absolute Gasteiger partial charge is 0.496 e. The van der Waals surface area contributed by atoms with E-state index in [1.165, 1.54) is 11.1 Å². The van der Waals surface area contributed by atoms with Gasteiger partial charge in [0.15, 0.2) is 0 Å². The number of benzene rings is 1. The SMILES string of the molecule is COc1ccc(C(C)(C)C)cc1C(CCN)N(C)C. The summed E-state index contributed by atoms with van der Waals surface area (Å²) in [6, 6.07) is 6.78. The van der Waals surface area contributed by atoms with Crippen LogP contribution in [0.2, 0.25) is 0 Å². The van der Waals surface area contributed by atoms with Gasteiger partial charge in [0, 0.05) is 11.6 Å². The van der Waals surface area contributed by atoms with Gasteiger partial charge in [-0.15, -0.1) is 0 Å². The number of nitrogens with two attached hydrogens (primary N) is 1. The maximum atomic E-state index is 5.75. The minimum Gasteiger partial charge on any atom is -0.496 e. The molecule has 0 spiro atoms. The van der Waals surface area contributed by atoms with E-state index in [1.807, 2.05) is 0 Å². The Morgan fingerprint density at radius 3 is 2.32 bits per heavy atom. The fraction of sp³-hybridized carbons (Fsp3) is 0.625. The van der Waals surface area contributed by atoms with Crippen LogP contribution in [-0.4, -0.2) is 32.6 Å². The fourth-order valence-corrected chi connectivity index (χ4v) is 2.31. The van der Waals surface area contributed by atoms with Gasteiger partial charge in [0.1, 0.15) is 5.75 Å². The summed E-state index contributed by atoms with van der Waals surface area (Å²) in [6.45, 7) is 7.36. The molecule has 19 heavy (non-hydrogen) atoms. The van der Waals surface area contributed by atoms with E-state index in [4.69, 9.17) is 10.5 Å². The van der Waals surface area contributed by atoms with Crippen LogP contribution in [0.5, 0.6) is 5.75 Å². The van der Waals surface area contributed by atoms with Crippen LogP contribution in [0, 0.1) is 0 Å². The molecule has 0 aromatic heterocycles. The predicted octanol–water partition coefficient (Wildman–Crippen LogP) is 2.94. The molecule has 108 valence electrons. The van der Waals surface area contributed by atoms with Crippen LogP contribution in [0.25, 0.3) is 0 Å². The van der Waals surface area contributed by atoms with Gasteiger partial charge in [-0.1, -0.05) is 26.8 Å². The minimum atomic E-state index is 0.139. The number of hydrogen-bond donors (Lipinski definition) is 1. The Bertz CT molecular complexity index is 408. The molecule has 3 heteroatoms. The standard InChI is InChI=1S/C16H28N2O/c1-16(2,3)12-7-8-15(19-6)13(11-12)14(9-10-17)18(4)5/h7-8,11,14H,9-10,17H2,1-6H3. The molecule has 0 saturated heterocycles. The molecule has 0 fully saturated rings. The first kappa shape index (κ1) is 16.0. The molecular weight excluding hydrogens is 236 g/mol. The summed E-state index contributed by atoms with van der Waals surface area (Å²) in [6.07, 6.45) is 0.928.